The monoisotopic (exact) mass is 247 g/mol. The van der Waals surface area contributed by atoms with Gasteiger partial charge in [-0.1, -0.05) is 26.8 Å². The number of piperazine rings is 1. The predicted molar refractivity (Wildman–Crippen MR) is 75.5 cm³/mol. The molecule has 0 aromatic carbocycles. The smallest absolute Gasteiger partial charge is 0.0547 e. The van der Waals surface area contributed by atoms with Crippen molar-refractivity contribution >= 4 is 0 Å². The molecule has 2 rings (SSSR count). The van der Waals surface area contributed by atoms with E-state index in [1.807, 2.05) is 0 Å². The van der Waals surface area contributed by atoms with Gasteiger partial charge >= 0.3 is 0 Å². The van der Waals surface area contributed by atoms with Crippen molar-refractivity contribution in [1.82, 2.24) is 15.2 Å². The van der Waals surface area contributed by atoms with Crippen molar-refractivity contribution in [2.24, 2.45) is 5.41 Å². The molecule has 1 N–H and O–H groups in total. The van der Waals surface area contributed by atoms with Crippen LogP contribution in [0.1, 0.15) is 32.2 Å². The highest BCUT2D eigenvalue weighted by Crippen LogP contribution is 2.19. The van der Waals surface area contributed by atoms with Crippen LogP contribution < -0.4 is 5.32 Å². The van der Waals surface area contributed by atoms with Crippen molar-refractivity contribution in [3.05, 3.63) is 29.6 Å². The van der Waals surface area contributed by atoms with Gasteiger partial charge in [-0.15, -0.1) is 0 Å². The van der Waals surface area contributed by atoms with Gasteiger partial charge in [-0.05, 0) is 24.0 Å². The molecule has 100 valence electrons. The number of rotatable bonds is 3. The molecule has 1 aliphatic rings. The summed E-state index contributed by atoms with van der Waals surface area (Å²) in [6.45, 7) is 12.2. The molecule has 0 bridgehead atoms. The molecule has 1 aliphatic heterocycles. The molecule has 0 radical (unpaired) electrons. The number of aromatic nitrogens is 1. The SMILES string of the molecule is CC(C)(C)Cc1cccc(CN2CCNCC2)n1. The maximum absolute atomic E-state index is 4.79. The zero-order valence-corrected chi connectivity index (χ0v) is 11.9. The molecule has 0 spiro atoms. The summed E-state index contributed by atoms with van der Waals surface area (Å²) < 4.78 is 0. The normalized spacial score (nSPS) is 17.9. The van der Waals surface area contributed by atoms with Gasteiger partial charge in [-0.2, -0.15) is 0 Å². The molecular weight excluding hydrogens is 222 g/mol. The molecule has 0 unspecified atom stereocenters. The van der Waals surface area contributed by atoms with Crippen molar-refractivity contribution in [2.75, 3.05) is 26.2 Å². The molecular formula is C15H25N3. The summed E-state index contributed by atoms with van der Waals surface area (Å²) in [5, 5.41) is 3.38. The van der Waals surface area contributed by atoms with Gasteiger partial charge in [0, 0.05) is 38.4 Å². The number of hydrogen-bond acceptors (Lipinski definition) is 3. The van der Waals surface area contributed by atoms with Crippen LogP contribution in [-0.4, -0.2) is 36.1 Å². The van der Waals surface area contributed by atoms with Crippen LogP contribution in [0.5, 0.6) is 0 Å². The Hall–Kier alpha value is -0.930. The second-order valence-electron chi connectivity index (χ2n) is 6.38. The molecule has 0 amide bonds. The summed E-state index contributed by atoms with van der Waals surface area (Å²) in [5.41, 5.74) is 2.73. The first-order chi connectivity index (χ1) is 8.53. The van der Waals surface area contributed by atoms with Gasteiger partial charge in [0.25, 0.3) is 0 Å². The van der Waals surface area contributed by atoms with Crippen LogP contribution in [0.4, 0.5) is 0 Å². The van der Waals surface area contributed by atoms with Gasteiger partial charge in [0.1, 0.15) is 0 Å². The highest BCUT2D eigenvalue weighted by atomic mass is 15.2. The highest BCUT2D eigenvalue weighted by Gasteiger charge is 2.14. The van der Waals surface area contributed by atoms with E-state index < -0.39 is 0 Å². The van der Waals surface area contributed by atoms with Crippen LogP contribution in [0.15, 0.2) is 18.2 Å². The minimum absolute atomic E-state index is 0.306. The Bertz CT molecular complexity index is 376. The van der Waals surface area contributed by atoms with E-state index in [1.165, 1.54) is 11.4 Å². The van der Waals surface area contributed by atoms with Crippen LogP contribution >= 0.6 is 0 Å². The second kappa shape index (κ2) is 5.81. The molecule has 1 fully saturated rings. The van der Waals surface area contributed by atoms with E-state index in [-0.39, 0.29) is 0 Å². The first-order valence-electron chi connectivity index (χ1n) is 6.91. The Morgan fingerprint density at radius 2 is 1.83 bits per heavy atom. The molecule has 3 nitrogen and oxygen atoms in total. The fraction of sp³-hybridized carbons (Fsp3) is 0.667. The van der Waals surface area contributed by atoms with E-state index in [9.17, 15) is 0 Å². The topological polar surface area (TPSA) is 28.2 Å². The number of nitrogens with zero attached hydrogens (tertiary/aromatic N) is 2. The number of nitrogens with one attached hydrogen (secondary N) is 1. The van der Waals surface area contributed by atoms with Crippen molar-refractivity contribution in [1.29, 1.82) is 0 Å². The molecule has 18 heavy (non-hydrogen) atoms. The Labute approximate surface area is 111 Å². The molecule has 1 aromatic rings. The highest BCUT2D eigenvalue weighted by molar-refractivity contribution is 5.12. The predicted octanol–water partition coefficient (Wildman–Crippen LogP) is 2.08. The van der Waals surface area contributed by atoms with Crippen LogP contribution in [0, 0.1) is 5.41 Å². The lowest BCUT2D eigenvalue weighted by Crippen LogP contribution is -2.43. The third-order valence-corrected chi connectivity index (χ3v) is 3.17. The lowest BCUT2D eigenvalue weighted by Gasteiger charge is -2.27. The summed E-state index contributed by atoms with van der Waals surface area (Å²) >= 11 is 0. The quantitative estimate of drug-likeness (QED) is 0.886. The van der Waals surface area contributed by atoms with E-state index in [1.54, 1.807) is 0 Å². The Kier molecular flexibility index (Phi) is 4.36. The number of pyridine rings is 1. The van der Waals surface area contributed by atoms with Crippen molar-refractivity contribution in [3.8, 4) is 0 Å². The van der Waals surface area contributed by atoms with E-state index in [4.69, 9.17) is 4.98 Å². The molecule has 1 aromatic heterocycles. The molecule has 2 heterocycles. The standard InChI is InChI=1S/C15H25N3/c1-15(2,3)11-13-5-4-6-14(17-13)12-18-9-7-16-8-10-18/h4-6,16H,7-12H2,1-3H3. The summed E-state index contributed by atoms with van der Waals surface area (Å²) in [4.78, 5) is 7.26. The minimum atomic E-state index is 0.306. The molecule has 0 aliphatic carbocycles. The Morgan fingerprint density at radius 3 is 2.50 bits per heavy atom. The zero-order chi connectivity index (χ0) is 13.0. The summed E-state index contributed by atoms with van der Waals surface area (Å²) in [6.07, 6.45) is 1.04. The average Bonchev–Trinajstić information content (AvgIpc) is 2.28. The maximum atomic E-state index is 4.79. The fourth-order valence-electron chi connectivity index (χ4n) is 2.36. The van der Waals surface area contributed by atoms with E-state index >= 15 is 0 Å². The van der Waals surface area contributed by atoms with Gasteiger partial charge in [-0.3, -0.25) is 9.88 Å². The van der Waals surface area contributed by atoms with Gasteiger partial charge in [-0.25, -0.2) is 0 Å². The largest absolute Gasteiger partial charge is 0.314 e. The Morgan fingerprint density at radius 1 is 1.17 bits per heavy atom. The first kappa shape index (κ1) is 13.5. The molecule has 0 atom stereocenters. The summed E-state index contributed by atoms with van der Waals surface area (Å²) in [6, 6.07) is 6.44. The van der Waals surface area contributed by atoms with E-state index in [0.717, 1.165) is 39.1 Å². The van der Waals surface area contributed by atoms with Crippen molar-refractivity contribution in [2.45, 2.75) is 33.7 Å². The number of hydrogen-bond donors (Lipinski definition) is 1. The lowest BCUT2D eigenvalue weighted by atomic mass is 9.90. The molecule has 0 saturated carbocycles. The summed E-state index contributed by atoms with van der Waals surface area (Å²) in [7, 11) is 0. The van der Waals surface area contributed by atoms with Crippen molar-refractivity contribution < 1.29 is 0 Å². The maximum Gasteiger partial charge on any atom is 0.0547 e. The molecule has 1 saturated heterocycles. The third-order valence-electron chi connectivity index (χ3n) is 3.17. The van der Waals surface area contributed by atoms with Crippen LogP contribution in [0.2, 0.25) is 0 Å². The third kappa shape index (κ3) is 4.39. The Balaban J connectivity index is 1.98. The van der Waals surface area contributed by atoms with Crippen LogP contribution in [0.3, 0.4) is 0 Å². The second-order valence-corrected chi connectivity index (χ2v) is 6.38. The van der Waals surface area contributed by atoms with Crippen LogP contribution in [0.25, 0.3) is 0 Å². The van der Waals surface area contributed by atoms with E-state index in [0.29, 0.717) is 5.41 Å². The van der Waals surface area contributed by atoms with Crippen molar-refractivity contribution in [3.63, 3.8) is 0 Å². The summed E-state index contributed by atoms with van der Waals surface area (Å²) in [5.74, 6) is 0. The molecule has 3 heteroatoms. The zero-order valence-electron chi connectivity index (χ0n) is 11.9. The van der Waals surface area contributed by atoms with Crippen LogP contribution in [-0.2, 0) is 13.0 Å². The van der Waals surface area contributed by atoms with Gasteiger partial charge in [0.05, 0.1) is 5.69 Å². The van der Waals surface area contributed by atoms with Gasteiger partial charge in [0.15, 0.2) is 0 Å². The average molecular weight is 247 g/mol. The lowest BCUT2D eigenvalue weighted by molar-refractivity contribution is 0.230. The van der Waals surface area contributed by atoms with Gasteiger partial charge < -0.3 is 5.32 Å². The minimum Gasteiger partial charge on any atom is -0.314 e. The first-order valence-corrected chi connectivity index (χ1v) is 6.91. The van der Waals surface area contributed by atoms with Gasteiger partial charge in [0.2, 0.25) is 0 Å². The fourth-order valence-corrected chi connectivity index (χ4v) is 2.36. The van der Waals surface area contributed by atoms with E-state index in [2.05, 4.69) is 49.2 Å².